The van der Waals surface area contributed by atoms with Gasteiger partial charge >= 0.3 is 0 Å². The third kappa shape index (κ3) is 3.27. The van der Waals surface area contributed by atoms with Crippen molar-refractivity contribution in [3.05, 3.63) is 96.7 Å². The normalized spacial score (nSPS) is 11.7. The highest BCUT2D eigenvalue weighted by atomic mass is 32.2. The highest BCUT2D eigenvalue weighted by molar-refractivity contribution is 7.89. The van der Waals surface area contributed by atoms with Gasteiger partial charge in [0.05, 0.1) is 10.4 Å². The Morgan fingerprint density at radius 2 is 1.46 bits per heavy atom. The van der Waals surface area contributed by atoms with Crippen molar-refractivity contribution in [2.45, 2.75) is 11.4 Å². The van der Waals surface area contributed by atoms with Gasteiger partial charge in [-0.3, -0.25) is 0 Å². The van der Waals surface area contributed by atoms with Crippen molar-refractivity contribution in [1.29, 1.82) is 0 Å². The van der Waals surface area contributed by atoms with Crippen molar-refractivity contribution in [2.24, 2.45) is 0 Å². The Bertz CT molecular complexity index is 1130. The number of rotatable bonds is 5. The van der Waals surface area contributed by atoms with Crippen molar-refractivity contribution >= 4 is 20.9 Å². The van der Waals surface area contributed by atoms with Crippen LogP contribution in [0.2, 0.25) is 0 Å². The van der Waals surface area contributed by atoms with E-state index < -0.39 is 10.0 Å². The van der Waals surface area contributed by atoms with Crippen molar-refractivity contribution < 1.29 is 8.42 Å². The molecule has 1 N–H and O–H groups in total. The molecule has 0 aliphatic carbocycles. The molecule has 3 aromatic carbocycles. The fourth-order valence-electron chi connectivity index (χ4n) is 2.94. The zero-order chi connectivity index (χ0) is 18.0. The van der Waals surface area contributed by atoms with Crippen LogP contribution in [0.5, 0.6) is 0 Å². The molecule has 4 nitrogen and oxygen atoms in total. The monoisotopic (exact) mass is 362 g/mol. The molecular weight excluding hydrogens is 344 g/mol. The van der Waals surface area contributed by atoms with Gasteiger partial charge in [0.2, 0.25) is 10.0 Å². The summed E-state index contributed by atoms with van der Waals surface area (Å²) in [4.78, 5) is 0.274. The van der Waals surface area contributed by atoms with Gasteiger partial charge in [-0.25, -0.2) is 13.1 Å². The molecule has 5 heteroatoms. The molecule has 26 heavy (non-hydrogen) atoms. The van der Waals surface area contributed by atoms with Crippen molar-refractivity contribution in [3.63, 3.8) is 0 Å². The van der Waals surface area contributed by atoms with Gasteiger partial charge in [-0.2, -0.15) is 0 Å². The Balaban J connectivity index is 1.52. The standard InChI is InChI=1S/C21H18N2O2S/c24-26(25,20-7-2-1-3-8-20)22-16-17-10-12-19(13-11-17)23-15-14-18-6-4-5-9-21(18)23/h1-15,22H,16H2. The zero-order valence-electron chi connectivity index (χ0n) is 14.0. The average molecular weight is 362 g/mol. The maximum atomic E-state index is 12.3. The van der Waals surface area contributed by atoms with E-state index in [0.717, 1.165) is 16.8 Å². The van der Waals surface area contributed by atoms with Crippen LogP contribution < -0.4 is 4.72 Å². The van der Waals surface area contributed by atoms with Crippen molar-refractivity contribution in [3.8, 4) is 5.69 Å². The number of nitrogens with zero attached hydrogens (tertiary/aromatic N) is 1. The first kappa shape index (κ1) is 16.6. The third-order valence-electron chi connectivity index (χ3n) is 4.33. The number of hydrogen-bond donors (Lipinski definition) is 1. The summed E-state index contributed by atoms with van der Waals surface area (Å²) in [5.41, 5.74) is 3.09. The number of nitrogens with one attached hydrogen (secondary N) is 1. The number of fused-ring (bicyclic) bond motifs is 1. The maximum Gasteiger partial charge on any atom is 0.240 e. The first-order valence-corrected chi connectivity index (χ1v) is 9.82. The Kier molecular flexibility index (Phi) is 4.32. The molecule has 0 spiro atoms. The third-order valence-corrected chi connectivity index (χ3v) is 5.75. The van der Waals surface area contributed by atoms with E-state index in [4.69, 9.17) is 0 Å². The van der Waals surface area contributed by atoms with Crippen LogP contribution in [0.1, 0.15) is 5.56 Å². The van der Waals surface area contributed by atoms with Gasteiger partial charge in [0, 0.05) is 18.4 Å². The summed E-state index contributed by atoms with van der Waals surface area (Å²) in [6.45, 7) is 0.254. The van der Waals surface area contributed by atoms with Gasteiger partial charge in [-0.1, -0.05) is 48.5 Å². The first-order valence-electron chi connectivity index (χ1n) is 8.34. The maximum absolute atomic E-state index is 12.3. The van der Waals surface area contributed by atoms with Crippen LogP contribution in [0.4, 0.5) is 0 Å². The second kappa shape index (κ2) is 6.78. The molecule has 1 heterocycles. The van der Waals surface area contributed by atoms with Crippen LogP contribution in [0.3, 0.4) is 0 Å². The van der Waals surface area contributed by atoms with Crippen LogP contribution in [-0.2, 0) is 16.6 Å². The van der Waals surface area contributed by atoms with Crippen LogP contribution in [-0.4, -0.2) is 13.0 Å². The lowest BCUT2D eigenvalue weighted by molar-refractivity contribution is 0.581. The minimum absolute atomic E-state index is 0.254. The SMILES string of the molecule is O=S(=O)(NCc1ccc(-n2ccc3ccccc32)cc1)c1ccccc1. The lowest BCUT2D eigenvalue weighted by Gasteiger charge is -2.09. The van der Waals surface area contributed by atoms with E-state index >= 15 is 0 Å². The molecule has 4 aromatic rings. The molecule has 0 saturated heterocycles. The summed E-state index contributed by atoms with van der Waals surface area (Å²) in [6.07, 6.45) is 2.04. The predicted molar refractivity (Wildman–Crippen MR) is 104 cm³/mol. The molecule has 0 unspecified atom stereocenters. The van der Waals surface area contributed by atoms with E-state index in [1.165, 1.54) is 5.39 Å². The van der Waals surface area contributed by atoms with Crippen LogP contribution in [0.15, 0.2) is 96.0 Å². The Morgan fingerprint density at radius 3 is 2.23 bits per heavy atom. The van der Waals surface area contributed by atoms with Gasteiger partial charge in [0.15, 0.2) is 0 Å². The molecule has 0 saturated carbocycles. The lowest BCUT2D eigenvalue weighted by atomic mass is 10.2. The number of sulfonamides is 1. The van der Waals surface area contributed by atoms with Gasteiger partial charge in [-0.05, 0) is 47.3 Å². The van der Waals surface area contributed by atoms with Crippen molar-refractivity contribution in [2.75, 3.05) is 0 Å². The Hall–Kier alpha value is -2.89. The largest absolute Gasteiger partial charge is 0.317 e. The molecule has 0 aliphatic heterocycles. The minimum Gasteiger partial charge on any atom is -0.317 e. The smallest absolute Gasteiger partial charge is 0.240 e. The molecular formula is C21H18N2O2S. The van der Waals surface area contributed by atoms with Crippen LogP contribution >= 0.6 is 0 Å². The molecule has 0 bridgehead atoms. The Labute approximate surface area is 152 Å². The number of hydrogen-bond acceptors (Lipinski definition) is 2. The topological polar surface area (TPSA) is 51.1 Å². The molecule has 0 radical (unpaired) electrons. The van der Waals surface area contributed by atoms with E-state index in [1.54, 1.807) is 30.3 Å². The fourth-order valence-corrected chi connectivity index (χ4v) is 3.98. The van der Waals surface area contributed by atoms with E-state index in [-0.39, 0.29) is 11.4 Å². The average Bonchev–Trinajstić information content (AvgIpc) is 3.12. The number of para-hydroxylation sites is 1. The molecule has 0 atom stereocenters. The van der Waals surface area contributed by atoms with Gasteiger partial charge in [0.25, 0.3) is 0 Å². The molecule has 1 aromatic heterocycles. The summed E-state index contributed by atoms with van der Waals surface area (Å²) in [5.74, 6) is 0. The van der Waals surface area contributed by atoms with Crippen LogP contribution in [0.25, 0.3) is 16.6 Å². The lowest BCUT2D eigenvalue weighted by Crippen LogP contribution is -2.23. The molecule has 0 amide bonds. The van der Waals surface area contributed by atoms with Gasteiger partial charge in [0.1, 0.15) is 0 Å². The molecule has 130 valence electrons. The second-order valence-corrected chi connectivity index (χ2v) is 7.82. The molecule has 0 aliphatic rings. The summed E-state index contributed by atoms with van der Waals surface area (Å²) < 4.78 is 29.3. The molecule has 4 rings (SSSR count). The molecule has 0 fully saturated rings. The van der Waals surface area contributed by atoms with Gasteiger partial charge < -0.3 is 4.57 Å². The summed E-state index contributed by atoms with van der Waals surface area (Å²) in [7, 11) is -3.50. The van der Waals surface area contributed by atoms with E-state index in [2.05, 4.69) is 27.5 Å². The van der Waals surface area contributed by atoms with Crippen LogP contribution in [0, 0.1) is 0 Å². The highest BCUT2D eigenvalue weighted by Gasteiger charge is 2.12. The zero-order valence-corrected chi connectivity index (χ0v) is 14.9. The predicted octanol–water partition coefficient (Wildman–Crippen LogP) is 4.11. The fraction of sp³-hybridized carbons (Fsp3) is 0.0476. The van der Waals surface area contributed by atoms with E-state index in [9.17, 15) is 8.42 Å². The minimum atomic E-state index is -3.50. The number of aromatic nitrogens is 1. The Morgan fingerprint density at radius 1 is 0.769 bits per heavy atom. The number of benzene rings is 3. The van der Waals surface area contributed by atoms with Crippen molar-refractivity contribution in [1.82, 2.24) is 9.29 Å². The quantitative estimate of drug-likeness (QED) is 0.581. The van der Waals surface area contributed by atoms with Gasteiger partial charge in [-0.15, -0.1) is 0 Å². The second-order valence-electron chi connectivity index (χ2n) is 6.05. The summed E-state index contributed by atoms with van der Waals surface area (Å²) in [5, 5.41) is 1.19. The highest BCUT2D eigenvalue weighted by Crippen LogP contribution is 2.20. The van der Waals surface area contributed by atoms with E-state index in [0.29, 0.717) is 0 Å². The van der Waals surface area contributed by atoms with E-state index in [1.807, 2.05) is 42.6 Å². The summed E-state index contributed by atoms with van der Waals surface area (Å²) >= 11 is 0. The summed E-state index contributed by atoms with van der Waals surface area (Å²) in [6, 6.07) is 26.6. The first-order chi connectivity index (χ1) is 12.6.